The molecule has 1 aromatic heterocycles. The largest absolute Gasteiger partial charge is 0.375 e. The highest BCUT2D eigenvalue weighted by Gasteiger charge is 2.43. The molecule has 0 aromatic carbocycles. The third-order valence-electron chi connectivity index (χ3n) is 4.77. The molecule has 0 fully saturated rings. The molecular formula is C17H33NSi3. The predicted molar refractivity (Wildman–Crippen MR) is 105 cm³/mol. The van der Waals surface area contributed by atoms with Crippen LogP contribution in [0.3, 0.4) is 0 Å². The van der Waals surface area contributed by atoms with E-state index in [-0.39, 0.29) is 0 Å². The van der Waals surface area contributed by atoms with Gasteiger partial charge in [0.25, 0.3) is 0 Å². The molecule has 1 aliphatic rings. The van der Waals surface area contributed by atoms with E-state index in [2.05, 4.69) is 87.6 Å². The maximum absolute atomic E-state index is 2.60. The molecule has 21 heavy (non-hydrogen) atoms. The fourth-order valence-electron chi connectivity index (χ4n) is 3.78. The van der Waals surface area contributed by atoms with Crippen LogP contribution in [-0.4, -0.2) is 28.6 Å². The summed E-state index contributed by atoms with van der Waals surface area (Å²) in [5.74, 6) is 0. The zero-order chi connectivity index (χ0) is 16.2. The van der Waals surface area contributed by atoms with E-state index in [0.29, 0.717) is 0 Å². The minimum absolute atomic E-state index is 0.793. The second-order valence-corrected chi connectivity index (χ2v) is 25.4. The first kappa shape index (κ1) is 17.0. The molecular weight excluding hydrogens is 302 g/mol. The van der Waals surface area contributed by atoms with Crippen molar-refractivity contribution in [3.8, 4) is 0 Å². The zero-order valence-electron chi connectivity index (χ0n) is 15.4. The van der Waals surface area contributed by atoms with Crippen molar-refractivity contribution >= 4 is 30.5 Å². The lowest BCUT2D eigenvalue weighted by molar-refractivity contribution is 0.855. The van der Waals surface area contributed by atoms with Crippen molar-refractivity contribution in [1.82, 2.24) is 4.23 Å². The van der Waals surface area contributed by atoms with E-state index in [0.717, 1.165) is 11.1 Å². The molecule has 1 heterocycles. The topological polar surface area (TPSA) is 4.93 Å². The number of aromatic nitrogens is 1. The molecule has 2 rings (SSSR count). The van der Waals surface area contributed by atoms with Crippen LogP contribution in [0, 0.1) is 0 Å². The first-order valence-corrected chi connectivity index (χ1v) is 18.8. The molecule has 0 bridgehead atoms. The van der Waals surface area contributed by atoms with Gasteiger partial charge in [-0.05, 0) is 35.0 Å². The van der Waals surface area contributed by atoms with Gasteiger partial charge < -0.3 is 4.23 Å². The summed E-state index contributed by atoms with van der Waals surface area (Å²) < 4.78 is 2.60. The number of fused-ring (bicyclic) bond motifs is 1. The molecule has 0 aliphatic heterocycles. The highest BCUT2D eigenvalue weighted by molar-refractivity contribution is 6.84. The molecule has 0 unspecified atom stereocenters. The molecule has 1 aromatic rings. The Hall–Kier alpha value is -0.329. The minimum Gasteiger partial charge on any atom is -0.375 e. The Labute approximate surface area is 134 Å². The molecule has 2 atom stereocenters. The Morgan fingerprint density at radius 2 is 1.43 bits per heavy atom. The van der Waals surface area contributed by atoms with Crippen LogP contribution in [-0.2, 0) is 0 Å². The summed E-state index contributed by atoms with van der Waals surface area (Å²) in [6.45, 7) is 22.6. The van der Waals surface area contributed by atoms with Crippen LogP contribution in [0.5, 0.6) is 0 Å². The second kappa shape index (κ2) is 5.10. The van der Waals surface area contributed by atoms with Gasteiger partial charge in [-0.2, -0.15) is 0 Å². The molecule has 1 nitrogen and oxygen atoms in total. The smallest absolute Gasteiger partial charge is 0.152 e. The van der Waals surface area contributed by atoms with Crippen molar-refractivity contribution in [3.05, 3.63) is 29.6 Å². The minimum atomic E-state index is -1.32. The summed E-state index contributed by atoms with van der Waals surface area (Å²) in [6.07, 6.45) is 7.40. The monoisotopic (exact) mass is 335 g/mol. The first-order valence-electron chi connectivity index (χ1n) is 8.23. The van der Waals surface area contributed by atoms with E-state index in [4.69, 9.17) is 0 Å². The predicted octanol–water partition coefficient (Wildman–Crippen LogP) is 5.87. The van der Waals surface area contributed by atoms with Gasteiger partial charge in [-0.25, -0.2) is 0 Å². The fourth-order valence-corrected chi connectivity index (χ4v) is 12.4. The lowest BCUT2D eigenvalue weighted by Crippen LogP contribution is -2.43. The van der Waals surface area contributed by atoms with E-state index >= 15 is 0 Å². The van der Waals surface area contributed by atoms with Crippen LogP contribution >= 0.6 is 0 Å². The average Bonchev–Trinajstić information content (AvgIpc) is 2.67. The van der Waals surface area contributed by atoms with Crippen molar-refractivity contribution in [2.75, 3.05) is 0 Å². The second-order valence-electron chi connectivity index (χ2n) is 9.79. The van der Waals surface area contributed by atoms with E-state index in [9.17, 15) is 0 Å². The van der Waals surface area contributed by atoms with Gasteiger partial charge in [0.1, 0.15) is 0 Å². The van der Waals surface area contributed by atoms with Crippen molar-refractivity contribution in [2.24, 2.45) is 0 Å². The van der Waals surface area contributed by atoms with Gasteiger partial charge >= 0.3 is 0 Å². The van der Waals surface area contributed by atoms with Crippen molar-refractivity contribution in [2.45, 2.75) is 70.0 Å². The molecule has 0 saturated carbocycles. The normalized spacial score (nSPS) is 23.3. The average molecular weight is 336 g/mol. The van der Waals surface area contributed by atoms with Gasteiger partial charge in [0, 0.05) is 5.69 Å². The van der Waals surface area contributed by atoms with Crippen molar-refractivity contribution in [1.29, 1.82) is 0 Å². The third-order valence-corrected chi connectivity index (χ3v) is 12.0. The Morgan fingerprint density at radius 1 is 0.857 bits per heavy atom. The standard InChI is InChI=1S/C17H33NSi3/c1-19(2,3)16-11-10-15-14(17(16)20(4,5)6)12-13-18(15)21(7,8)9/h10-13,16-17H,1-9H3/t16-,17-/m1/s1. The molecule has 0 N–H and O–H groups in total. The first-order chi connectivity index (χ1) is 9.33. The molecule has 4 heteroatoms. The number of hydrogen-bond donors (Lipinski definition) is 0. The summed E-state index contributed by atoms with van der Waals surface area (Å²) in [5, 5.41) is 0. The quantitative estimate of drug-likeness (QED) is 0.609. The lowest BCUT2D eigenvalue weighted by atomic mass is 10.0. The summed E-state index contributed by atoms with van der Waals surface area (Å²) >= 11 is 0. The van der Waals surface area contributed by atoms with E-state index in [1.165, 1.54) is 5.69 Å². The summed E-state index contributed by atoms with van der Waals surface area (Å²) in [6, 6.07) is 2.45. The number of allylic oxidation sites excluding steroid dienone is 1. The van der Waals surface area contributed by atoms with Gasteiger partial charge in [0.2, 0.25) is 0 Å². The zero-order valence-corrected chi connectivity index (χ0v) is 18.4. The molecule has 118 valence electrons. The summed E-state index contributed by atoms with van der Waals surface area (Å²) in [7, 11) is -3.75. The van der Waals surface area contributed by atoms with Crippen LogP contribution in [0.1, 0.15) is 16.8 Å². The highest BCUT2D eigenvalue weighted by Crippen LogP contribution is 2.48. The highest BCUT2D eigenvalue weighted by atomic mass is 28.3. The van der Waals surface area contributed by atoms with Crippen LogP contribution in [0.25, 0.3) is 6.08 Å². The van der Waals surface area contributed by atoms with Crippen LogP contribution in [0.2, 0.25) is 64.5 Å². The molecule has 0 spiro atoms. The molecule has 0 radical (unpaired) electrons. The van der Waals surface area contributed by atoms with Gasteiger partial charge in [-0.15, -0.1) is 0 Å². The van der Waals surface area contributed by atoms with Gasteiger partial charge in [-0.3, -0.25) is 0 Å². The number of rotatable bonds is 3. The van der Waals surface area contributed by atoms with Crippen LogP contribution in [0.4, 0.5) is 0 Å². The maximum atomic E-state index is 2.60. The Balaban J connectivity index is 2.61. The molecule has 0 amide bonds. The SMILES string of the molecule is C[Si](C)(C)[C@@H]1C=Cc2c(ccn2[Si](C)(C)C)[C@H]1[Si](C)(C)C. The maximum Gasteiger partial charge on any atom is 0.152 e. The summed E-state index contributed by atoms with van der Waals surface area (Å²) in [5.41, 5.74) is 4.78. The van der Waals surface area contributed by atoms with E-state index in [1.54, 1.807) is 5.56 Å². The fraction of sp³-hybridized carbons (Fsp3) is 0.647. The number of hydrogen-bond acceptors (Lipinski definition) is 0. The van der Waals surface area contributed by atoms with Gasteiger partial charge in [-0.1, -0.05) is 65.0 Å². The van der Waals surface area contributed by atoms with Crippen LogP contribution < -0.4 is 0 Å². The van der Waals surface area contributed by atoms with Gasteiger partial charge in [0.15, 0.2) is 8.24 Å². The van der Waals surface area contributed by atoms with E-state index < -0.39 is 24.4 Å². The third kappa shape index (κ3) is 3.22. The summed E-state index contributed by atoms with van der Waals surface area (Å²) in [4.78, 5) is 0. The number of nitrogens with zero attached hydrogens (tertiary/aromatic N) is 1. The molecule has 0 saturated heterocycles. The molecule has 1 aliphatic carbocycles. The Morgan fingerprint density at radius 3 is 1.86 bits per heavy atom. The van der Waals surface area contributed by atoms with Crippen molar-refractivity contribution in [3.63, 3.8) is 0 Å². The van der Waals surface area contributed by atoms with Gasteiger partial charge in [0.05, 0.1) is 16.1 Å². The Kier molecular flexibility index (Phi) is 4.14. The van der Waals surface area contributed by atoms with Crippen LogP contribution in [0.15, 0.2) is 18.3 Å². The van der Waals surface area contributed by atoms with Crippen molar-refractivity contribution < 1.29 is 0 Å². The lowest BCUT2D eigenvalue weighted by Gasteiger charge is -2.43. The van der Waals surface area contributed by atoms with E-state index in [1.807, 2.05) is 0 Å². The Bertz CT molecular complexity index is 550.